The van der Waals surface area contributed by atoms with Crippen LogP contribution >= 0.6 is 0 Å². The van der Waals surface area contributed by atoms with Gasteiger partial charge in [0.1, 0.15) is 0 Å². The molecule has 5 rings (SSSR count). The van der Waals surface area contributed by atoms with Gasteiger partial charge in [-0.25, -0.2) is 17.2 Å². The average Bonchev–Trinajstić information content (AvgIpc) is 3.29. The third-order valence-corrected chi connectivity index (χ3v) is 6.64. The van der Waals surface area contributed by atoms with E-state index in [4.69, 9.17) is 0 Å². The number of anilines is 2. The van der Waals surface area contributed by atoms with E-state index in [0.29, 0.717) is 22.0 Å². The molecule has 2 N–H and O–H groups in total. The van der Waals surface area contributed by atoms with E-state index in [1.165, 1.54) is 29.2 Å². The molecule has 0 aliphatic carbocycles. The highest BCUT2D eigenvalue weighted by Crippen LogP contribution is 2.39. The summed E-state index contributed by atoms with van der Waals surface area (Å²) in [6.45, 7) is 0. The number of halogens is 2. The number of hydrogen-bond donors (Lipinski definition) is 2. The van der Waals surface area contributed by atoms with Gasteiger partial charge in [0.25, 0.3) is 15.9 Å². The maximum Gasteiger partial charge on any atom is 0.263 e. The van der Waals surface area contributed by atoms with Crippen molar-refractivity contribution in [3.05, 3.63) is 71.8 Å². The zero-order valence-electron chi connectivity index (χ0n) is 16.0. The van der Waals surface area contributed by atoms with Crippen LogP contribution in [0.25, 0.3) is 22.0 Å². The summed E-state index contributed by atoms with van der Waals surface area (Å²) in [5, 5.41) is 7.32. The third kappa shape index (κ3) is 2.87. The van der Waals surface area contributed by atoms with Gasteiger partial charge < -0.3 is 4.90 Å². The highest BCUT2D eigenvalue weighted by molar-refractivity contribution is 7.93. The first-order valence-corrected chi connectivity index (χ1v) is 10.6. The Bertz CT molecular complexity index is 1500. The lowest BCUT2D eigenvalue weighted by Crippen LogP contribution is -2.20. The molecule has 1 aromatic heterocycles. The Labute approximate surface area is 175 Å². The Balaban J connectivity index is 1.55. The van der Waals surface area contributed by atoms with Crippen LogP contribution < -0.4 is 9.62 Å². The zero-order valence-corrected chi connectivity index (χ0v) is 16.8. The van der Waals surface area contributed by atoms with Crippen molar-refractivity contribution in [2.24, 2.45) is 0 Å². The SMILES string of the molecule is CN1C(=O)c2cccc3c(S(=O)(=O)Nc4cc(-c5cccc(F)c5F)[nH]n4)ccc1c23. The lowest BCUT2D eigenvalue weighted by molar-refractivity contribution is 0.0999. The second-order valence-electron chi connectivity index (χ2n) is 7.05. The first-order valence-electron chi connectivity index (χ1n) is 9.14. The normalized spacial score (nSPS) is 13.3. The van der Waals surface area contributed by atoms with Gasteiger partial charge in [0.15, 0.2) is 17.5 Å². The smallest absolute Gasteiger partial charge is 0.263 e. The Morgan fingerprint density at radius 3 is 2.58 bits per heavy atom. The molecule has 0 radical (unpaired) electrons. The van der Waals surface area contributed by atoms with E-state index in [-0.39, 0.29) is 27.9 Å². The van der Waals surface area contributed by atoms with Crippen molar-refractivity contribution in [3.8, 4) is 11.3 Å². The molecule has 0 spiro atoms. The standard InChI is InChI=1S/C21H14F2N4O3S/c1-27-16-8-9-17(12-5-2-6-13(19(12)16)21(27)28)31(29,30)26-18-10-15(24-25-18)11-4-3-7-14(22)20(11)23/h2-10H,1H3,(H2,24,25,26). The first-order chi connectivity index (χ1) is 14.8. The van der Waals surface area contributed by atoms with E-state index in [2.05, 4.69) is 14.9 Å². The molecule has 0 saturated heterocycles. The molecule has 10 heteroatoms. The number of aromatic amines is 1. The van der Waals surface area contributed by atoms with Crippen molar-refractivity contribution in [3.63, 3.8) is 0 Å². The molecule has 1 amide bonds. The number of nitrogens with zero attached hydrogens (tertiary/aromatic N) is 2. The van der Waals surface area contributed by atoms with Crippen LogP contribution in [0.4, 0.5) is 20.3 Å². The van der Waals surface area contributed by atoms with Gasteiger partial charge in [-0.3, -0.25) is 14.6 Å². The number of amides is 1. The van der Waals surface area contributed by atoms with Gasteiger partial charge in [-0.1, -0.05) is 18.2 Å². The fourth-order valence-corrected chi connectivity index (χ4v) is 4.96. The van der Waals surface area contributed by atoms with E-state index < -0.39 is 21.7 Å². The molecule has 0 bridgehead atoms. The molecule has 1 aliphatic heterocycles. The van der Waals surface area contributed by atoms with Crippen LogP contribution in [-0.2, 0) is 10.0 Å². The number of H-pyrrole nitrogens is 1. The molecule has 31 heavy (non-hydrogen) atoms. The van der Waals surface area contributed by atoms with Crippen LogP contribution in [0.5, 0.6) is 0 Å². The highest BCUT2D eigenvalue weighted by atomic mass is 32.2. The second-order valence-corrected chi connectivity index (χ2v) is 8.70. The predicted octanol–water partition coefficient (Wildman–Crippen LogP) is 3.90. The van der Waals surface area contributed by atoms with Crippen LogP contribution in [0, 0.1) is 11.6 Å². The van der Waals surface area contributed by atoms with Gasteiger partial charge >= 0.3 is 0 Å². The molecule has 156 valence electrons. The lowest BCUT2D eigenvalue weighted by atomic mass is 10.1. The van der Waals surface area contributed by atoms with Crippen molar-refractivity contribution >= 4 is 38.2 Å². The molecule has 0 fully saturated rings. The van der Waals surface area contributed by atoms with Gasteiger partial charge in [-0.05, 0) is 30.3 Å². The molecular formula is C21H14F2N4O3S. The van der Waals surface area contributed by atoms with Crippen molar-refractivity contribution in [2.75, 3.05) is 16.7 Å². The van der Waals surface area contributed by atoms with Gasteiger partial charge in [-0.2, -0.15) is 5.10 Å². The number of carbonyl (C=O) groups excluding carboxylic acids is 1. The Hall–Kier alpha value is -3.79. The van der Waals surface area contributed by atoms with Crippen LogP contribution in [0.2, 0.25) is 0 Å². The molecule has 7 nitrogen and oxygen atoms in total. The minimum Gasteiger partial charge on any atom is -0.311 e. The summed E-state index contributed by atoms with van der Waals surface area (Å²) in [6.07, 6.45) is 0. The largest absolute Gasteiger partial charge is 0.311 e. The summed E-state index contributed by atoms with van der Waals surface area (Å²) in [7, 11) is -2.47. The Morgan fingerprint density at radius 1 is 1.03 bits per heavy atom. The number of rotatable bonds is 4. The molecule has 2 heterocycles. The maximum absolute atomic E-state index is 14.0. The zero-order chi connectivity index (χ0) is 21.9. The van der Waals surface area contributed by atoms with Gasteiger partial charge in [0.2, 0.25) is 0 Å². The van der Waals surface area contributed by atoms with Crippen molar-refractivity contribution in [2.45, 2.75) is 4.90 Å². The van der Waals surface area contributed by atoms with Gasteiger partial charge in [0, 0.05) is 35.0 Å². The molecule has 3 aromatic carbocycles. The molecular weight excluding hydrogens is 426 g/mol. The fourth-order valence-electron chi connectivity index (χ4n) is 3.76. The molecule has 0 saturated carbocycles. The minimum absolute atomic E-state index is 0.0299. The Kier molecular flexibility index (Phi) is 4.09. The molecule has 0 atom stereocenters. The number of sulfonamides is 1. The predicted molar refractivity (Wildman–Crippen MR) is 111 cm³/mol. The van der Waals surface area contributed by atoms with E-state index in [1.54, 1.807) is 31.3 Å². The number of hydrogen-bond acceptors (Lipinski definition) is 4. The number of nitrogens with one attached hydrogen (secondary N) is 2. The fraction of sp³-hybridized carbons (Fsp3) is 0.0476. The summed E-state index contributed by atoms with van der Waals surface area (Å²) in [5.74, 6) is -2.39. The van der Waals surface area contributed by atoms with Crippen LogP contribution in [-0.4, -0.2) is 31.6 Å². The van der Waals surface area contributed by atoms with E-state index in [1.807, 2.05) is 0 Å². The van der Waals surface area contributed by atoms with E-state index in [9.17, 15) is 22.0 Å². The summed E-state index contributed by atoms with van der Waals surface area (Å²) >= 11 is 0. The number of benzene rings is 3. The third-order valence-electron chi connectivity index (χ3n) is 5.22. The maximum atomic E-state index is 14.0. The Morgan fingerprint density at radius 2 is 1.77 bits per heavy atom. The molecule has 0 unspecified atom stereocenters. The summed E-state index contributed by atoms with van der Waals surface area (Å²) < 4.78 is 56.0. The van der Waals surface area contributed by atoms with Gasteiger partial charge in [-0.15, -0.1) is 0 Å². The first kappa shape index (κ1) is 19.2. The highest BCUT2D eigenvalue weighted by Gasteiger charge is 2.30. The molecule has 1 aliphatic rings. The lowest BCUT2D eigenvalue weighted by Gasteiger charge is -2.12. The summed E-state index contributed by atoms with van der Waals surface area (Å²) in [6, 6.07) is 12.8. The summed E-state index contributed by atoms with van der Waals surface area (Å²) in [4.78, 5) is 13.8. The summed E-state index contributed by atoms with van der Waals surface area (Å²) in [5.41, 5.74) is 1.08. The number of aromatic nitrogens is 2. The van der Waals surface area contributed by atoms with Crippen LogP contribution in [0.1, 0.15) is 10.4 Å². The average molecular weight is 440 g/mol. The monoisotopic (exact) mass is 440 g/mol. The quantitative estimate of drug-likeness (QED) is 0.503. The van der Waals surface area contributed by atoms with Crippen LogP contribution in [0.15, 0.2) is 59.5 Å². The van der Waals surface area contributed by atoms with Crippen molar-refractivity contribution in [1.82, 2.24) is 10.2 Å². The van der Waals surface area contributed by atoms with Crippen molar-refractivity contribution < 1.29 is 22.0 Å². The molecule has 4 aromatic rings. The van der Waals surface area contributed by atoms with E-state index >= 15 is 0 Å². The van der Waals surface area contributed by atoms with Crippen LogP contribution in [0.3, 0.4) is 0 Å². The van der Waals surface area contributed by atoms with Gasteiger partial charge in [0.05, 0.1) is 16.3 Å². The number of carbonyl (C=O) groups is 1. The van der Waals surface area contributed by atoms with E-state index in [0.717, 1.165) is 6.07 Å². The minimum atomic E-state index is -4.10. The van der Waals surface area contributed by atoms with Crippen molar-refractivity contribution in [1.29, 1.82) is 0 Å². The topological polar surface area (TPSA) is 95.2 Å². The second kappa shape index (κ2) is 6.61.